The van der Waals surface area contributed by atoms with E-state index in [-0.39, 0.29) is 12.0 Å². The van der Waals surface area contributed by atoms with E-state index in [0.717, 1.165) is 5.56 Å². The molecule has 0 radical (unpaired) electrons. The van der Waals surface area contributed by atoms with E-state index in [1.54, 1.807) is 39.7 Å². The Bertz CT molecular complexity index is 1430. The molecule has 2 heterocycles. The topological polar surface area (TPSA) is 156 Å². The minimum atomic E-state index is -1.49. The molecule has 1 amide bonds. The molecule has 0 fully saturated rings. The molecule has 4 aromatic rings. The Balaban J connectivity index is 1.53. The molecule has 0 saturated carbocycles. The van der Waals surface area contributed by atoms with Crippen molar-refractivity contribution in [3.05, 3.63) is 83.8 Å². The molecule has 4 rings (SSSR count). The van der Waals surface area contributed by atoms with Gasteiger partial charge in [-0.3, -0.25) is 14.4 Å². The molecule has 11 nitrogen and oxygen atoms in total. The van der Waals surface area contributed by atoms with Crippen molar-refractivity contribution in [1.82, 2.24) is 24.9 Å². The number of carboxylic acid groups (broad SMARTS) is 2. The number of fused-ring (bicyclic) bond motifs is 1. The van der Waals surface area contributed by atoms with Crippen LogP contribution in [0.5, 0.6) is 0 Å². The highest BCUT2D eigenvalue weighted by molar-refractivity contribution is 6.45. The van der Waals surface area contributed by atoms with Crippen molar-refractivity contribution in [3.63, 3.8) is 0 Å². The highest BCUT2D eigenvalue weighted by Crippen LogP contribution is 2.23. The predicted octanol–water partition coefficient (Wildman–Crippen LogP) is 1.95. The maximum atomic E-state index is 13.0. The number of rotatable bonds is 11. The quantitative estimate of drug-likeness (QED) is 0.213. The van der Waals surface area contributed by atoms with Crippen LogP contribution in [0.2, 0.25) is 0 Å². The number of aliphatic carboxylic acids is 2. The fourth-order valence-electron chi connectivity index (χ4n) is 3.86. The summed E-state index contributed by atoms with van der Waals surface area (Å²) in [5, 5.41) is 29.1. The normalized spacial score (nSPS) is 11.8. The summed E-state index contributed by atoms with van der Waals surface area (Å²) in [4.78, 5) is 47.7. The lowest BCUT2D eigenvalue weighted by molar-refractivity contribution is -0.142. The van der Waals surface area contributed by atoms with E-state index in [9.17, 15) is 24.3 Å². The van der Waals surface area contributed by atoms with E-state index >= 15 is 0 Å². The van der Waals surface area contributed by atoms with Crippen LogP contribution in [-0.4, -0.2) is 59.4 Å². The number of hydrogen-bond acceptors (Lipinski definition) is 6. The third kappa shape index (κ3) is 5.63. The smallest absolute Gasteiger partial charge is 0.326 e. The number of nitrogens with zero attached hydrogens (tertiary/aromatic N) is 4. The molecule has 0 aliphatic heterocycles. The molecular formula is C25H23N5O6. The first kappa shape index (κ1) is 24.3. The highest BCUT2D eigenvalue weighted by Gasteiger charge is 2.27. The van der Waals surface area contributed by atoms with Gasteiger partial charge in [0.2, 0.25) is 0 Å². The van der Waals surface area contributed by atoms with Gasteiger partial charge in [-0.15, -0.1) is 5.10 Å². The first-order chi connectivity index (χ1) is 17.3. The largest absolute Gasteiger partial charge is 0.481 e. The average Bonchev–Trinajstić information content (AvgIpc) is 3.46. The van der Waals surface area contributed by atoms with Crippen LogP contribution in [0.25, 0.3) is 10.9 Å². The van der Waals surface area contributed by atoms with Crippen molar-refractivity contribution >= 4 is 34.5 Å². The van der Waals surface area contributed by atoms with Gasteiger partial charge in [0, 0.05) is 23.5 Å². The zero-order valence-electron chi connectivity index (χ0n) is 19.1. The lowest BCUT2D eigenvalue weighted by Gasteiger charge is -2.12. The molecule has 11 heteroatoms. The SMILES string of the molecule is O=C(O)CC[C@H](NC(=O)C(=O)c1cn(Cc2cn(Cc3ccccc3)nn2)c2ccccc12)C(=O)O. The summed E-state index contributed by atoms with van der Waals surface area (Å²) in [5.74, 6) is -4.66. The monoisotopic (exact) mass is 489 g/mol. The fourth-order valence-corrected chi connectivity index (χ4v) is 3.86. The van der Waals surface area contributed by atoms with Gasteiger partial charge in [-0.2, -0.15) is 0 Å². The molecule has 0 aliphatic carbocycles. The van der Waals surface area contributed by atoms with Crippen LogP contribution in [-0.2, 0) is 27.5 Å². The van der Waals surface area contributed by atoms with Gasteiger partial charge >= 0.3 is 11.9 Å². The highest BCUT2D eigenvalue weighted by atomic mass is 16.4. The van der Waals surface area contributed by atoms with Crippen LogP contribution in [0.4, 0.5) is 0 Å². The second-order valence-electron chi connectivity index (χ2n) is 8.21. The van der Waals surface area contributed by atoms with E-state index in [1.807, 2.05) is 30.3 Å². The third-order valence-electron chi connectivity index (χ3n) is 5.60. The minimum absolute atomic E-state index is 0.0992. The van der Waals surface area contributed by atoms with Crippen molar-refractivity contribution in [2.75, 3.05) is 0 Å². The number of hydrogen-bond donors (Lipinski definition) is 3. The Morgan fingerprint density at radius 2 is 1.64 bits per heavy atom. The molecule has 0 saturated heterocycles. The first-order valence-electron chi connectivity index (χ1n) is 11.1. The summed E-state index contributed by atoms with van der Waals surface area (Å²) in [6.07, 6.45) is 2.52. The van der Waals surface area contributed by atoms with Crippen LogP contribution < -0.4 is 5.32 Å². The number of para-hydroxylation sites is 1. The molecular weight excluding hydrogens is 466 g/mol. The maximum absolute atomic E-state index is 13.0. The fraction of sp³-hybridized carbons (Fsp3) is 0.200. The van der Waals surface area contributed by atoms with Gasteiger partial charge in [-0.05, 0) is 18.1 Å². The second-order valence-corrected chi connectivity index (χ2v) is 8.21. The van der Waals surface area contributed by atoms with Gasteiger partial charge in [0.05, 0.1) is 24.8 Å². The number of carbonyl (C=O) groups is 4. The van der Waals surface area contributed by atoms with E-state index in [0.29, 0.717) is 29.7 Å². The number of amides is 1. The van der Waals surface area contributed by atoms with Crippen LogP contribution >= 0.6 is 0 Å². The predicted molar refractivity (Wildman–Crippen MR) is 127 cm³/mol. The Morgan fingerprint density at radius 3 is 2.36 bits per heavy atom. The van der Waals surface area contributed by atoms with Crippen molar-refractivity contribution in [2.24, 2.45) is 0 Å². The molecule has 3 N–H and O–H groups in total. The molecule has 184 valence electrons. The summed E-state index contributed by atoms with van der Waals surface area (Å²) in [5.41, 5.74) is 2.51. The summed E-state index contributed by atoms with van der Waals surface area (Å²) >= 11 is 0. The Labute approximate surface area is 205 Å². The number of benzene rings is 2. The van der Waals surface area contributed by atoms with Crippen LogP contribution in [0.1, 0.15) is 34.5 Å². The van der Waals surface area contributed by atoms with Crippen molar-refractivity contribution in [1.29, 1.82) is 0 Å². The van der Waals surface area contributed by atoms with Crippen LogP contribution in [0.3, 0.4) is 0 Å². The molecule has 0 unspecified atom stereocenters. The zero-order chi connectivity index (χ0) is 25.7. The van der Waals surface area contributed by atoms with Gasteiger partial charge in [0.25, 0.3) is 11.7 Å². The number of carbonyl (C=O) groups excluding carboxylic acids is 2. The molecule has 1 atom stereocenters. The molecule has 2 aromatic carbocycles. The summed E-state index contributed by atoms with van der Waals surface area (Å²) in [6, 6.07) is 15.3. The van der Waals surface area contributed by atoms with Gasteiger partial charge in [0.15, 0.2) is 0 Å². The van der Waals surface area contributed by atoms with E-state index in [1.165, 1.54) is 6.20 Å². The Hall–Kier alpha value is -4.80. The van der Waals surface area contributed by atoms with Crippen molar-refractivity contribution in [2.45, 2.75) is 32.0 Å². The number of aromatic nitrogens is 4. The molecule has 0 aliphatic rings. The molecule has 36 heavy (non-hydrogen) atoms. The lowest BCUT2D eigenvalue weighted by Crippen LogP contribution is -2.44. The summed E-state index contributed by atoms with van der Waals surface area (Å²) in [7, 11) is 0. The van der Waals surface area contributed by atoms with Gasteiger partial charge < -0.3 is 20.1 Å². The molecule has 0 bridgehead atoms. The van der Waals surface area contributed by atoms with Gasteiger partial charge in [-0.1, -0.05) is 53.7 Å². The first-order valence-corrected chi connectivity index (χ1v) is 11.1. The maximum Gasteiger partial charge on any atom is 0.326 e. The van der Waals surface area contributed by atoms with Crippen molar-refractivity contribution in [3.8, 4) is 0 Å². The molecule has 2 aromatic heterocycles. The molecule has 0 spiro atoms. The lowest BCUT2D eigenvalue weighted by atomic mass is 10.1. The zero-order valence-corrected chi connectivity index (χ0v) is 19.1. The number of carboxylic acids is 2. The summed E-state index contributed by atoms with van der Waals surface area (Å²) in [6.45, 7) is 0.845. The van der Waals surface area contributed by atoms with Crippen LogP contribution in [0.15, 0.2) is 67.0 Å². The number of Topliss-reactive ketones (excluding diaryl/α,β-unsaturated/α-hetero) is 1. The van der Waals surface area contributed by atoms with Crippen LogP contribution in [0, 0.1) is 0 Å². The standard InChI is InChI=1S/C25H23N5O6/c31-22(32)11-10-20(25(35)36)26-24(34)23(33)19-15-29(21-9-5-4-8-18(19)21)13-17-14-30(28-27-17)12-16-6-2-1-3-7-16/h1-9,14-15,20H,10-13H2,(H,26,34)(H,31,32)(H,35,36)/t20-/m0/s1. The van der Waals surface area contributed by atoms with E-state index in [2.05, 4.69) is 15.6 Å². The third-order valence-corrected chi connectivity index (χ3v) is 5.60. The number of ketones is 1. The van der Waals surface area contributed by atoms with E-state index < -0.39 is 36.1 Å². The minimum Gasteiger partial charge on any atom is -0.481 e. The van der Waals surface area contributed by atoms with Gasteiger partial charge in [-0.25, -0.2) is 9.48 Å². The Morgan fingerprint density at radius 1 is 0.917 bits per heavy atom. The average molecular weight is 489 g/mol. The number of nitrogens with one attached hydrogen (secondary N) is 1. The van der Waals surface area contributed by atoms with Gasteiger partial charge in [0.1, 0.15) is 11.7 Å². The summed E-state index contributed by atoms with van der Waals surface area (Å²) < 4.78 is 3.48. The van der Waals surface area contributed by atoms with E-state index in [4.69, 9.17) is 5.11 Å². The second kappa shape index (κ2) is 10.6. The van der Waals surface area contributed by atoms with Crippen molar-refractivity contribution < 1.29 is 29.4 Å². The Kier molecular flexibility index (Phi) is 7.19.